The molecule has 0 fully saturated rings. The third kappa shape index (κ3) is 3.94. The van der Waals surface area contributed by atoms with E-state index in [0.717, 1.165) is 41.3 Å². The van der Waals surface area contributed by atoms with Crippen molar-refractivity contribution in [2.24, 2.45) is 0 Å². The van der Waals surface area contributed by atoms with E-state index >= 15 is 0 Å². The molecule has 1 atom stereocenters. The minimum Gasteiger partial charge on any atom is -0.361 e. The van der Waals surface area contributed by atoms with Crippen LogP contribution in [0.4, 0.5) is 0 Å². The van der Waals surface area contributed by atoms with Crippen LogP contribution in [0.2, 0.25) is 0 Å². The van der Waals surface area contributed by atoms with E-state index in [-0.39, 0.29) is 6.04 Å². The second-order valence-corrected chi connectivity index (χ2v) is 8.13. The van der Waals surface area contributed by atoms with Gasteiger partial charge in [0.2, 0.25) is 10.0 Å². The molecule has 1 heterocycles. The van der Waals surface area contributed by atoms with Crippen LogP contribution in [-0.4, -0.2) is 13.4 Å². The van der Waals surface area contributed by atoms with E-state index in [9.17, 15) is 8.42 Å². The molecule has 0 saturated carbocycles. The van der Waals surface area contributed by atoms with Gasteiger partial charge in [-0.15, -0.1) is 0 Å². The van der Waals surface area contributed by atoms with Crippen LogP contribution in [0.3, 0.4) is 0 Å². The molecule has 4 nitrogen and oxygen atoms in total. The van der Waals surface area contributed by atoms with E-state index in [0.29, 0.717) is 4.90 Å². The molecule has 2 N–H and O–H groups in total. The molecule has 1 unspecified atom stereocenters. The summed E-state index contributed by atoms with van der Waals surface area (Å²) < 4.78 is 28.6. The molecule has 3 aromatic rings. The number of aromatic amines is 1. The Balaban J connectivity index is 1.94. The van der Waals surface area contributed by atoms with Gasteiger partial charge in [0.1, 0.15) is 0 Å². The van der Waals surface area contributed by atoms with Gasteiger partial charge in [-0.05, 0) is 37.1 Å². The third-order valence-electron chi connectivity index (χ3n) is 4.47. The number of sulfonamides is 1. The Morgan fingerprint density at radius 1 is 1.08 bits per heavy atom. The number of aromatic nitrogens is 1. The van der Waals surface area contributed by atoms with Crippen LogP contribution in [0.15, 0.2) is 59.6 Å². The number of rotatable bonds is 7. The average molecular weight is 356 g/mol. The second kappa shape index (κ2) is 7.42. The Kier molecular flexibility index (Phi) is 5.25. The van der Waals surface area contributed by atoms with Crippen molar-refractivity contribution in [3.63, 3.8) is 0 Å². The molecule has 5 heteroatoms. The van der Waals surface area contributed by atoms with Crippen LogP contribution in [-0.2, 0) is 10.0 Å². The Labute approximate surface area is 149 Å². The van der Waals surface area contributed by atoms with Crippen LogP contribution >= 0.6 is 0 Å². The molecular formula is C20H24N2O2S. The van der Waals surface area contributed by atoms with Crippen molar-refractivity contribution in [2.75, 3.05) is 0 Å². The lowest BCUT2D eigenvalue weighted by molar-refractivity contribution is 0.527. The van der Waals surface area contributed by atoms with Gasteiger partial charge in [0.25, 0.3) is 0 Å². The van der Waals surface area contributed by atoms with E-state index < -0.39 is 10.0 Å². The lowest BCUT2D eigenvalue weighted by atomic mass is 10.0. The summed E-state index contributed by atoms with van der Waals surface area (Å²) in [4.78, 5) is 3.55. The first-order chi connectivity index (χ1) is 12.0. The van der Waals surface area contributed by atoms with Gasteiger partial charge in [-0.2, -0.15) is 0 Å². The highest BCUT2D eigenvalue weighted by atomic mass is 32.2. The number of fused-ring (bicyclic) bond motifs is 1. The van der Waals surface area contributed by atoms with Gasteiger partial charge in [0.15, 0.2) is 0 Å². The van der Waals surface area contributed by atoms with Crippen molar-refractivity contribution in [3.05, 3.63) is 65.9 Å². The monoisotopic (exact) mass is 356 g/mol. The maximum atomic E-state index is 12.8. The van der Waals surface area contributed by atoms with Crippen molar-refractivity contribution in [3.8, 4) is 0 Å². The van der Waals surface area contributed by atoms with E-state index in [4.69, 9.17) is 0 Å². The Morgan fingerprint density at radius 2 is 1.80 bits per heavy atom. The molecule has 0 amide bonds. The van der Waals surface area contributed by atoms with Gasteiger partial charge in [-0.25, -0.2) is 13.1 Å². The first-order valence-corrected chi connectivity index (χ1v) is 10.1. The number of nitrogens with one attached hydrogen (secondary N) is 2. The predicted octanol–water partition coefficient (Wildman–Crippen LogP) is 4.69. The summed E-state index contributed by atoms with van der Waals surface area (Å²) in [6, 6.07) is 14.7. The fourth-order valence-electron chi connectivity index (χ4n) is 3.04. The van der Waals surface area contributed by atoms with Gasteiger partial charge in [0, 0.05) is 23.1 Å². The average Bonchev–Trinajstić information content (AvgIpc) is 3.03. The number of benzene rings is 2. The highest BCUT2D eigenvalue weighted by Crippen LogP contribution is 2.29. The number of para-hydroxylation sites is 1. The molecule has 132 valence electrons. The SMILES string of the molecule is CCCCC(NS(=O)(=O)c1ccc(C)cc1)c1c[nH]c2ccccc12. The van der Waals surface area contributed by atoms with E-state index in [1.807, 2.05) is 49.5 Å². The number of hydrogen-bond acceptors (Lipinski definition) is 2. The Hall–Kier alpha value is -2.11. The minimum absolute atomic E-state index is 0.248. The quantitative estimate of drug-likeness (QED) is 0.645. The van der Waals surface area contributed by atoms with Gasteiger partial charge < -0.3 is 4.98 Å². The largest absolute Gasteiger partial charge is 0.361 e. The Morgan fingerprint density at radius 3 is 2.52 bits per heavy atom. The summed E-state index contributed by atoms with van der Waals surface area (Å²) in [6.45, 7) is 4.06. The smallest absolute Gasteiger partial charge is 0.241 e. The highest BCUT2D eigenvalue weighted by molar-refractivity contribution is 7.89. The molecular weight excluding hydrogens is 332 g/mol. The molecule has 0 aliphatic heterocycles. The molecule has 0 radical (unpaired) electrons. The molecule has 0 saturated heterocycles. The summed E-state index contributed by atoms with van der Waals surface area (Å²) in [5.41, 5.74) is 3.06. The number of aryl methyl sites for hydroxylation is 1. The van der Waals surface area contributed by atoms with Gasteiger partial charge in [-0.1, -0.05) is 55.7 Å². The number of H-pyrrole nitrogens is 1. The topological polar surface area (TPSA) is 62.0 Å². The Bertz CT molecular complexity index is 943. The highest BCUT2D eigenvalue weighted by Gasteiger charge is 2.23. The fourth-order valence-corrected chi connectivity index (χ4v) is 4.29. The normalized spacial score (nSPS) is 13.2. The minimum atomic E-state index is -3.57. The molecule has 0 aliphatic rings. The van der Waals surface area contributed by atoms with Gasteiger partial charge >= 0.3 is 0 Å². The third-order valence-corrected chi connectivity index (χ3v) is 5.96. The summed E-state index contributed by atoms with van der Waals surface area (Å²) in [7, 11) is -3.57. The van der Waals surface area contributed by atoms with Crippen LogP contribution in [0.5, 0.6) is 0 Å². The summed E-state index contributed by atoms with van der Waals surface area (Å²) >= 11 is 0. The predicted molar refractivity (Wildman–Crippen MR) is 102 cm³/mol. The molecule has 0 aliphatic carbocycles. The molecule has 1 aromatic heterocycles. The zero-order valence-electron chi connectivity index (χ0n) is 14.6. The van der Waals surface area contributed by atoms with E-state index in [1.54, 1.807) is 12.1 Å². The molecule has 2 aromatic carbocycles. The van der Waals surface area contributed by atoms with Crippen molar-refractivity contribution >= 4 is 20.9 Å². The molecule has 0 bridgehead atoms. The maximum absolute atomic E-state index is 12.8. The second-order valence-electron chi connectivity index (χ2n) is 6.42. The van der Waals surface area contributed by atoms with E-state index in [1.165, 1.54) is 0 Å². The maximum Gasteiger partial charge on any atom is 0.241 e. The van der Waals surface area contributed by atoms with Gasteiger partial charge in [-0.3, -0.25) is 0 Å². The van der Waals surface area contributed by atoms with Crippen LogP contribution in [0.25, 0.3) is 10.9 Å². The van der Waals surface area contributed by atoms with Crippen LogP contribution in [0.1, 0.15) is 43.4 Å². The van der Waals surface area contributed by atoms with E-state index in [2.05, 4.69) is 16.6 Å². The van der Waals surface area contributed by atoms with Gasteiger partial charge in [0.05, 0.1) is 4.90 Å². The fraction of sp³-hybridized carbons (Fsp3) is 0.300. The standard InChI is InChI=1S/C20H24N2O2S/c1-3-4-8-20(18-14-21-19-9-6-5-7-17(18)19)22-25(23,24)16-12-10-15(2)11-13-16/h5-7,9-14,20-22H,3-4,8H2,1-2H3. The summed E-state index contributed by atoms with van der Waals surface area (Å²) in [5.74, 6) is 0. The zero-order chi connectivity index (χ0) is 17.9. The molecule has 3 rings (SSSR count). The molecule has 0 spiro atoms. The van der Waals surface area contributed by atoms with Crippen molar-refractivity contribution < 1.29 is 8.42 Å². The summed E-state index contributed by atoms with van der Waals surface area (Å²) in [5, 5.41) is 1.07. The number of hydrogen-bond donors (Lipinski definition) is 2. The number of unbranched alkanes of at least 4 members (excludes halogenated alkanes) is 1. The first-order valence-electron chi connectivity index (χ1n) is 8.66. The van der Waals surface area contributed by atoms with Crippen molar-refractivity contribution in [1.82, 2.24) is 9.71 Å². The lowest BCUT2D eigenvalue weighted by Crippen LogP contribution is -2.28. The zero-order valence-corrected chi connectivity index (χ0v) is 15.4. The molecule has 25 heavy (non-hydrogen) atoms. The first kappa shape index (κ1) is 17.7. The summed E-state index contributed by atoms with van der Waals surface area (Å²) in [6.07, 6.45) is 4.66. The van der Waals surface area contributed by atoms with Crippen molar-refractivity contribution in [2.45, 2.75) is 44.0 Å². The van der Waals surface area contributed by atoms with Crippen LogP contribution < -0.4 is 4.72 Å². The van der Waals surface area contributed by atoms with Crippen LogP contribution in [0, 0.1) is 6.92 Å². The lowest BCUT2D eigenvalue weighted by Gasteiger charge is -2.18. The van der Waals surface area contributed by atoms with Crippen molar-refractivity contribution in [1.29, 1.82) is 0 Å².